The zero-order valence-corrected chi connectivity index (χ0v) is 15.1. The van der Waals surface area contributed by atoms with Gasteiger partial charge in [0.2, 0.25) is 11.8 Å². The first-order chi connectivity index (χ1) is 11.8. The number of carbonyl (C=O) groups excluding carboxylic acids is 2. The highest BCUT2D eigenvalue weighted by molar-refractivity contribution is 9.10. The van der Waals surface area contributed by atoms with E-state index in [1.165, 1.54) is 29.2 Å². The minimum atomic E-state index is -0.411. The Balaban J connectivity index is 1.82. The summed E-state index contributed by atoms with van der Waals surface area (Å²) >= 11 is 3.10. The van der Waals surface area contributed by atoms with Crippen LogP contribution in [-0.2, 0) is 22.6 Å². The molecule has 2 aromatic rings. The van der Waals surface area contributed by atoms with Crippen molar-refractivity contribution in [1.82, 2.24) is 10.2 Å². The maximum absolute atomic E-state index is 13.2. The molecule has 0 bridgehead atoms. The monoisotopic (exact) mass is 410 g/mol. The molecule has 2 aromatic carbocycles. The van der Waals surface area contributed by atoms with Crippen LogP contribution in [0.3, 0.4) is 0 Å². The van der Waals surface area contributed by atoms with Crippen LogP contribution >= 0.6 is 15.9 Å². The smallest absolute Gasteiger partial charge is 0.242 e. The molecular formula is C18H17BrF2N2O2. The second-order valence-corrected chi connectivity index (χ2v) is 6.44. The summed E-state index contributed by atoms with van der Waals surface area (Å²) in [6.45, 7) is 0.129. The van der Waals surface area contributed by atoms with E-state index in [2.05, 4.69) is 21.2 Å². The summed E-state index contributed by atoms with van der Waals surface area (Å²) in [4.78, 5) is 25.3. The Labute approximate surface area is 153 Å². The lowest BCUT2D eigenvalue weighted by atomic mass is 10.1. The molecule has 1 N–H and O–H groups in total. The van der Waals surface area contributed by atoms with E-state index in [1.807, 2.05) is 0 Å². The Hall–Kier alpha value is -2.28. The average molecular weight is 411 g/mol. The van der Waals surface area contributed by atoms with Crippen molar-refractivity contribution in [3.8, 4) is 0 Å². The number of hydrogen-bond donors (Lipinski definition) is 1. The van der Waals surface area contributed by atoms with E-state index in [9.17, 15) is 18.4 Å². The fourth-order valence-corrected chi connectivity index (χ4v) is 2.63. The maximum Gasteiger partial charge on any atom is 0.242 e. The van der Waals surface area contributed by atoms with Crippen LogP contribution in [-0.4, -0.2) is 30.3 Å². The van der Waals surface area contributed by atoms with Crippen LogP contribution in [0.5, 0.6) is 0 Å². The quantitative estimate of drug-likeness (QED) is 0.795. The van der Waals surface area contributed by atoms with Gasteiger partial charge in [-0.3, -0.25) is 9.59 Å². The van der Waals surface area contributed by atoms with Crippen molar-refractivity contribution in [2.75, 3.05) is 13.6 Å². The first kappa shape index (κ1) is 19.1. The Morgan fingerprint density at radius 3 is 2.56 bits per heavy atom. The molecule has 132 valence electrons. The Morgan fingerprint density at radius 2 is 1.88 bits per heavy atom. The molecular weight excluding hydrogens is 394 g/mol. The molecule has 2 amide bonds. The maximum atomic E-state index is 13.2. The van der Waals surface area contributed by atoms with Gasteiger partial charge in [0.15, 0.2) is 0 Å². The van der Waals surface area contributed by atoms with E-state index in [4.69, 9.17) is 0 Å². The number of nitrogens with zero attached hydrogens (tertiary/aromatic N) is 1. The van der Waals surface area contributed by atoms with Gasteiger partial charge >= 0.3 is 0 Å². The SMILES string of the molecule is CN(Cc1ccc(F)c(Br)c1)C(=O)CNC(=O)Cc1cccc(F)c1. The topological polar surface area (TPSA) is 49.4 Å². The van der Waals surface area contributed by atoms with Crippen LogP contribution in [0.15, 0.2) is 46.9 Å². The number of carbonyl (C=O) groups is 2. The number of benzene rings is 2. The number of likely N-dealkylation sites (N-methyl/N-ethyl adjacent to an activating group) is 1. The average Bonchev–Trinajstić information content (AvgIpc) is 2.56. The van der Waals surface area contributed by atoms with Gasteiger partial charge in [0.25, 0.3) is 0 Å². The number of rotatable bonds is 6. The summed E-state index contributed by atoms with van der Waals surface area (Å²) in [6.07, 6.45) is -0.000334. The predicted molar refractivity (Wildman–Crippen MR) is 93.7 cm³/mol. The number of nitrogens with one attached hydrogen (secondary N) is 1. The molecule has 0 fully saturated rings. The van der Waals surface area contributed by atoms with Crippen molar-refractivity contribution >= 4 is 27.7 Å². The summed E-state index contributed by atoms with van der Waals surface area (Å²) in [5.74, 6) is -1.43. The minimum Gasteiger partial charge on any atom is -0.347 e. The second kappa shape index (κ2) is 8.71. The van der Waals surface area contributed by atoms with Crippen molar-refractivity contribution < 1.29 is 18.4 Å². The molecule has 7 heteroatoms. The van der Waals surface area contributed by atoms with Gasteiger partial charge in [0.05, 0.1) is 17.4 Å². The van der Waals surface area contributed by atoms with Gasteiger partial charge < -0.3 is 10.2 Å². The number of amides is 2. The molecule has 2 rings (SSSR count). The van der Waals surface area contributed by atoms with Gasteiger partial charge in [0, 0.05) is 13.6 Å². The summed E-state index contributed by atoms with van der Waals surface area (Å²) in [5.41, 5.74) is 1.30. The summed E-state index contributed by atoms with van der Waals surface area (Å²) in [7, 11) is 1.60. The molecule has 0 unspecified atom stereocenters. The molecule has 0 heterocycles. The molecule has 25 heavy (non-hydrogen) atoms. The van der Waals surface area contributed by atoms with Crippen LogP contribution in [0.25, 0.3) is 0 Å². The van der Waals surface area contributed by atoms with Gasteiger partial charge in [0.1, 0.15) is 11.6 Å². The van der Waals surface area contributed by atoms with Gasteiger partial charge in [-0.2, -0.15) is 0 Å². The first-order valence-corrected chi connectivity index (χ1v) is 8.33. The van der Waals surface area contributed by atoms with E-state index < -0.39 is 5.82 Å². The molecule has 0 saturated carbocycles. The zero-order valence-electron chi connectivity index (χ0n) is 13.6. The lowest BCUT2D eigenvalue weighted by molar-refractivity contribution is -0.132. The van der Waals surface area contributed by atoms with Crippen LogP contribution in [0.1, 0.15) is 11.1 Å². The Morgan fingerprint density at radius 1 is 1.12 bits per heavy atom. The van der Waals surface area contributed by atoms with Gasteiger partial charge in [-0.15, -0.1) is 0 Å². The largest absolute Gasteiger partial charge is 0.347 e. The molecule has 0 spiro atoms. The fraction of sp³-hybridized carbons (Fsp3) is 0.222. The molecule has 0 radical (unpaired) electrons. The lowest BCUT2D eigenvalue weighted by Gasteiger charge is -2.18. The molecule has 0 atom stereocenters. The highest BCUT2D eigenvalue weighted by Gasteiger charge is 2.12. The van der Waals surface area contributed by atoms with E-state index in [0.29, 0.717) is 10.0 Å². The summed E-state index contributed by atoms with van der Waals surface area (Å²) in [6, 6.07) is 10.3. The number of halogens is 3. The van der Waals surface area contributed by atoms with Crippen LogP contribution < -0.4 is 5.32 Å². The van der Waals surface area contributed by atoms with Crippen molar-refractivity contribution in [2.24, 2.45) is 0 Å². The molecule has 0 aliphatic rings. The highest BCUT2D eigenvalue weighted by atomic mass is 79.9. The van der Waals surface area contributed by atoms with Gasteiger partial charge in [-0.1, -0.05) is 18.2 Å². The van der Waals surface area contributed by atoms with Crippen molar-refractivity contribution in [3.63, 3.8) is 0 Å². The minimum absolute atomic E-state index is 0.000334. The molecule has 0 saturated heterocycles. The third-order valence-corrected chi connectivity index (χ3v) is 4.13. The van der Waals surface area contributed by atoms with E-state index in [0.717, 1.165) is 5.56 Å². The van der Waals surface area contributed by atoms with Gasteiger partial charge in [-0.05, 0) is 51.3 Å². The standard InChI is InChI=1S/C18H17BrF2N2O2/c1-23(11-13-5-6-16(21)15(19)8-13)18(25)10-22-17(24)9-12-3-2-4-14(20)7-12/h2-8H,9-11H2,1H3,(H,22,24). The predicted octanol–water partition coefficient (Wildman–Crippen LogP) is 3.04. The molecule has 0 aliphatic heterocycles. The second-order valence-electron chi connectivity index (χ2n) is 5.58. The van der Waals surface area contributed by atoms with E-state index in [-0.39, 0.29) is 37.1 Å². The first-order valence-electron chi connectivity index (χ1n) is 7.54. The Bertz CT molecular complexity index is 783. The van der Waals surface area contributed by atoms with Gasteiger partial charge in [-0.25, -0.2) is 8.78 Å². The van der Waals surface area contributed by atoms with E-state index >= 15 is 0 Å². The highest BCUT2D eigenvalue weighted by Crippen LogP contribution is 2.17. The van der Waals surface area contributed by atoms with Crippen LogP contribution in [0.2, 0.25) is 0 Å². The molecule has 0 aliphatic carbocycles. The zero-order chi connectivity index (χ0) is 18.4. The lowest BCUT2D eigenvalue weighted by Crippen LogP contribution is -2.38. The van der Waals surface area contributed by atoms with Crippen LogP contribution in [0, 0.1) is 11.6 Å². The summed E-state index contributed by atoms with van der Waals surface area (Å²) in [5, 5.41) is 2.52. The normalized spacial score (nSPS) is 10.4. The third kappa shape index (κ3) is 5.94. The number of hydrogen-bond acceptors (Lipinski definition) is 2. The van der Waals surface area contributed by atoms with E-state index in [1.54, 1.807) is 25.2 Å². The summed E-state index contributed by atoms with van der Waals surface area (Å²) < 4.78 is 26.6. The van der Waals surface area contributed by atoms with Crippen molar-refractivity contribution in [2.45, 2.75) is 13.0 Å². The van der Waals surface area contributed by atoms with Crippen molar-refractivity contribution in [1.29, 1.82) is 0 Å². The molecule has 0 aromatic heterocycles. The van der Waals surface area contributed by atoms with Crippen molar-refractivity contribution in [3.05, 3.63) is 69.7 Å². The fourth-order valence-electron chi connectivity index (χ4n) is 2.20. The molecule has 4 nitrogen and oxygen atoms in total. The third-order valence-electron chi connectivity index (χ3n) is 3.52. The Kier molecular flexibility index (Phi) is 6.64. The van der Waals surface area contributed by atoms with Crippen LogP contribution in [0.4, 0.5) is 8.78 Å².